The maximum Gasteiger partial charge on any atom is 0.222 e. The Morgan fingerprint density at radius 3 is 1.57 bits per heavy atom. The van der Waals surface area contributed by atoms with Crippen LogP contribution in [0.3, 0.4) is 0 Å². The first-order chi connectivity index (χ1) is 17.1. The van der Waals surface area contributed by atoms with Crippen LogP contribution in [-0.4, -0.2) is 48.5 Å². The summed E-state index contributed by atoms with van der Waals surface area (Å²) in [5.41, 5.74) is 1.40. The summed E-state index contributed by atoms with van der Waals surface area (Å²) in [5.74, 6) is 0.386. The number of hydrogen-bond acceptors (Lipinski definition) is 1. The molecule has 3 heteroatoms. The molecule has 1 amide bonds. The highest BCUT2D eigenvalue weighted by Crippen LogP contribution is 2.18. The van der Waals surface area contributed by atoms with Gasteiger partial charge in [-0.05, 0) is 6.42 Å². The smallest absolute Gasteiger partial charge is 0.222 e. The molecule has 1 fully saturated rings. The largest absolute Gasteiger partial charge is 0.331 e. The number of rotatable bonds is 20. The van der Waals surface area contributed by atoms with E-state index in [4.69, 9.17) is 0 Å². The molecule has 200 valence electrons. The molecular weight excluding hydrogens is 428 g/mol. The van der Waals surface area contributed by atoms with Gasteiger partial charge in [0.2, 0.25) is 5.91 Å². The van der Waals surface area contributed by atoms with Crippen LogP contribution in [0.15, 0.2) is 30.3 Å². The van der Waals surface area contributed by atoms with Crippen molar-refractivity contribution in [2.24, 2.45) is 0 Å². The van der Waals surface area contributed by atoms with Gasteiger partial charge in [-0.15, -0.1) is 0 Å². The van der Waals surface area contributed by atoms with Crippen molar-refractivity contribution < 1.29 is 9.28 Å². The molecule has 1 aromatic rings. The van der Waals surface area contributed by atoms with Gasteiger partial charge in [0.15, 0.2) is 0 Å². The lowest BCUT2D eigenvalue weighted by Crippen LogP contribution is -2.57. The molecule has 1 aliphatic heterocycles. The molecule has 0 aromatic heterocycles. The minimum absolute atomic E-state index is 0.386. The van der Waals surface area contributed by atoms with Crippen molar-refractivity contribution in [1.29, 1.82) is 0 Å². The molecule has 3 nitrogen and oxygen atoms in total. The predicted octanol–water partition coefficient (Wildman–Crippen LogP) is 8.52. The third-order valence-electron chi connectivity index (χ3n) is 8.07. The van der Waals surface area contributed by atoms with E-state index in [0.717, 1.165) is 50.0 Å². The van der Waals surface area contributed by atoms with Crippen LogP contribution in [0, 0.1) is 0 Å². The van der Waals surface area contributed by atoms with E-state index in [1.165, 1.54) is 108 Å². The highest BCUT2D eigenvalue weighted by molar-refractivity contribution is 5.76. The summed E-state index contributed by atoms with van der Waals surface area (Å²) in [6.07, 6.45) is 24.3. The molecule has 0 N–H and O–H groups in total. The van der Waals surface area contributed by atoms with Crippen molar-refractivity contribution in [3.05, 3.63) is 35.9 Å². The zero-order valence-electron chi connectivity index (χ0n) is 23.5. The second-order valence-electron chi connectivity index (χ2n) is 11.5. The van der Waals surface area contributed by atoms with Crippen LogP contribution in [-0.2, 0) is 11.3 Å². The Morgan fingerprint density at radius 2 is 1.11 bits per heavy atom. The molecule has 35 heavy (non-hydrogen) atoms. The van der Waals surface area contributed by atoms with Gasteiger partial charge in [0.25, 0.3) is 0 Å². The number of nitrogens with zero attached hydrogens (tertiary/aromatic N) is 2. The summed E-state index contributed by atoms with van der Waals surface area (Å²) in [7, 11) is 2.34. The van der Waals surface area contributed by atoms with E-state index in [1.54, 1.807) is 0 Å². The minimum atomic E-state index is 0.386. The second kappa shape index (κ2) is 18.9. The van der Waals surface area contributed by atoms with Crippen LogP contribution in [0.5, 0.6) is 0 Å². The van der Waals surface area contributed by atoms with Crippen LogP contribution < -0.4 is 0 Å². The Hall–Kier alpha value is -1.35. The quantitative estimate of drug-likeness (QED) is 0.134. The van der Waals surface area contributed by atoms with Crippen molar-refractivity contribution in [1.82, 2.24) is 4.90 Å². The average molecular weight is 486 g/mol. The zero-order valence-corrected chi connectivity index (χ0v) is 23.5. The molecule has 0 unspecified atom stereocenters. The summed E-state index contributed by atoms with van der Waals surface area (Å²) in [6, 6.07) is 10.8. The number of carbonyl (C=O) groups excluding carboxylic acids is 1. The van der Waals surface area contributed by atoms with Gasteiger partial charge in [-0.25, -0.2) is 0 Å². The van der Waals surface area contributed by atoms with Crippen LogP contribution in [0.25, 0.3) is 0 Å². The number of carbonyl (C=O) groups is 1. The highest BCUT2D eigenvalue weighted by atomic mass is 16.2. The first-order valence-corrected chi connectivity index (χ1v) is 15.3. The zero-order chi connectivity index (χ0) is 25.0. The van der Waals surface area contributed by atoms with Crippen molar-refractivity contribution in [3.8, 4) is 0 Å². The molecule has 0 saturated carbocycles. The van der Waals surface area contributed by atoms with Gasteiger partial charge < -0.3 is 9.38 Å². The van der Waals surface area contributed by atoms with Crippen LogP contribution in [0.4, 0.5) is 0 Å². The number of hydrogen-bond donors (Lipinski definition) is 0. The number of likely N-dealkylation sites (N-methyl/N-ethyl adjacent to an activating group) is 1. The molecule has 1 saturated heterocycles. The van der Waals surface area contributed by atoms with Gasteiger partial charge >= 0.3 is 0 Å². The first kappa shape index (κ1) is 29.9. The normalized spacial score (nSPS) is 15.4. The van der Waals surface area contributed by atoms with E-state index in [1.807, 2.05) is 0 Å². The van der Waals surface area contributed by atoms with E-state index in [9.17, 15) is 4.79 Å². The lowest BCUT2D eigenvalue weighted by Gasteiger charge is -2.42. The molecule has 2 rings (SSSR count). The fourth-order valence-corrected chi connectivity index (χ4v) is 5.54. The van der Waals surface area contributed by atoms with Gasteiger partial charge in [-0.1, -0.05) is 140 Å². The minimum Gasteiger partial charge on any atom is -0.331 e. The van der Waals surface area contributed by atoms with Crippen molar-refractivity contribution in [2.45, 2.75) is 129 Å². The molecule has 0 spiro atoms. The number of amides is 1. The van der Waals surface area contributed by atoms with Crippen LogP contribution >= 0.6 is 0 Å². The molecule has 1 heterocycles. The first-order valence-electron chi connectivity index (χ1n) is 15.3. The van der Waals surface area contributed by atoms with Gasteiger partial charge in [0.05, 0.1) is 33.2 Å². The van der Waals surface area contributed by atoms with E-state index in [-0.39, 0.29) is 0 Å². The fraction of sp³-hybridized carbons (Fsp3) is 0.781. The molecular formula is C32H57N2O+. The highest BCUT2D eigenvalue weighted by Gasteiger charge is 2.30. The summed E-state index contributed by atoms with van der Waals surface area (Å²) in [5, 5.41) is 0. The van der Waals surface area contributed by atoms with E-state index in [0.29, 0.717) is 5.91 Å². The number of quaternary nitrogens is 1. The Balaban J connectivity index is 1.36. The summed E-state index contributed by atoms with van der Waals surface area (Å²) < 4.78 is 1.05. The third-order valence-corrected chi connectivity index (χ3v) is 8.07. The number of unbranched alkanes of at least 4 members (excludes halogenated alkanes) is 16. The van der Waals surface area contributed by atoms with Gasteiger partial charge in [-0.3, -0.25) is 4.79 Å². The van der Waals surface area contributed by atoms with E-state index in [2.05, 4.69) is 49.2 Å². The fourth-order valence-electron chi connectivity index (χ4n) is 5.54. The van der Waals surface area contributed by atoms with Crippen molar-refractivity contribution in [3.63, 3.8) is 0 Å². The predicted molar refractivity (Wildman–Crippen MR) is 151 cm³/mol. The molecule has 0 aliphatic carbocycles. The molecule has 1 aliphatic rings. The standard InChI is InChI=1S/C32H57N2O/c1-3-4-5-6-7-8-9-10-11-12-13-14-15-16-17-18-22-25-32(35)33-26-28-34(2,29-27-33)30-31-23-20-19-21-24-31/h19-21,23-24H,3-18,22,25-30H2,1-2H3/q+1. The Labute approximate surface area is 218 Å². The maximum absolute atomic E-state index is 12.6. The summed E-state index contributed by atoms with van der Waals surface area (Å²) >= 11 is 0. The summed E-state index contributed by atoms with van der Waals surface area (Å²) in [6.45, 7) is 7.34. The van der Waals surface area contributed by atoms with Crippen LogP contribution in [0.1, 0.15) is 128 Å². The second-order valence-corrected chi connectivity index (χ2v) is 11.5. The lowest BCUT2D eigenvalue weighted by atomic mass is 10.0. The SMILES string of the molecule is CCCCCCCCCCCCCCCCCCCC(=O)N1CC[N+](C)(Cc2ccccc2)CC1. The maximum atomic E-state index is 12.6. The van der Waals surface area contributed by atoms with Crippen LogP contribution in [0.2, 0.25) is 0 Å². The number of piperazine rings is 1. The Morgan fingerprint density at radius 1 is 0.686 bits per heavy atom. The molecule has 0 bridgehead atoms. The van der Waals surface area contributed by atoms with Gasteiger partial charge in [0.1, 0.15) is 6.54 Å². The van der Waals surface area contributed by atoms with Gasteiger partial charge in [-0.2, -0.15) is 0 Å². The van der Waals surface area contributed by atoms with Crippen molar-refractivity contribution in [2.75, 3.05) is 33.2 Å². The molecule has 0 radical (unpaired) electrons. The van der Waals surface area contributed by atoms with E-state index >= 15 is 0 Å². The summed E-state index contributed by atoms with van der Waals surface area (Å²) in [4.78, 5) is 14.8. The monoisotopic (exact) mass is 485 g/mol. The molecule has 0 atom stereocenters. The Kier molecular flexibility index (Phi) is 16.1. The number of benzene rings is 1. The Bertz CT molecular complexity index is 636. The topological polar surface area (TPSA) is 20.3 Å². The molecule has 1 aromatic carbocycles. The van der Waals surface area contributed by atoms with Crippen molar-refractivity contribution >= 4 is 5.91 Å². The average Bonchev–Trinajstić information content (AvgIpc) is 2.86. The lowest BCUT2D eigenvalue weighted by molar-refractivity contribution is -0.926. The third kappa shape index (κ3) is 14.1. The van der Waals surface area contributed by atoms with Gasteiger partial charge in [0, 0.05) is 12.0 Å². The van der Waals surface area contributed by atoms with E-state index < -0.39 is 0 Å².